The highest BCUT2D eigenvalue weighted by molar-refractivity contribution is 7.90. The van der Waals surface area contributed by atoms with E-state index in [-0.39, 0.29) is 0 Å². The summed E-state index contributed by atoms with van der Waals surface area (Å²) in [7, 11) is -1.36. The van der Waals surface area contributed by atoms with E-state index in [2.05, 4.69) is 36.4 Å². The summed E-state index contributed by atoms with van der Waals surface area (Å²) in [5.74, 6) is 1.51. The molecule has 0 aliphatic heterocycles. The zero-order valence-electron chi connectivity index (χ0n) is 15.5. The van der Waals surface area contributed by atoms with Crippen LogP contribution in [-0.4, -0.2) is 40.3 Å². The first kappa shape index (κ1) is 20.5. The Kier molecular flexibility index (Phi) is 8.25. The van der Waals surface area contributed by atoms with Gasteiger partial charge in [0.15, 0.2) is 15.8 Å². The Hall–Kier alpha value is -1.56. The van der Waals surface area contributed by atoms with Crippen molar-refractivity contribution in [3.8, 4) is 0 Å². The Morgan fingerprint density at radius 3 is 2.25 bits per heavy atom. The summed E-state index contributed by atoms with van der Waals surface area (Å²) in [5.41, 5.74) is 1.10. The Labute approximate surface area is 146 Å². The fraction of sp³-hybridized carbons (Fsp3) is 0.611. The van der Waals surface area contributed by atoms with Crippen LogP contribution in [0.4, 0.5) is 0 Å². The van der Waals surface area contributed by atoms with Gasteiger partial charge in [-0.1, -0.05) is 26.0 Å². The van der Waals surface area contributed by atoms with Crippen molar-refractivity contribution in [2.75, 3.05) is 19.8 Å². The van der Waals surface area contributed by atoms with E-state index in [4.69, 9.17) is 0 Å². The summed E-state index contributed by atoms with van der Waals surface area (Å²) < 4.78 is 22.9. The number of rotatable bonds is 8. The molecule has 0 heterocycles. The van der Waals surface area contributed by atoms with Crippen molar-refractivity contribution in [2.24, 2.45) is 10.9 Å². The number of guanidine groups is 1. The average Bonchev–Trinajstić information content (AvgIpc) is 2.51. The standard InChI is InChI=1S/C18H31N3O2S/c1-14(2)6-7-15(3)21-18(19-4)20-13-12-16-8-10-17(11-9-16)24(5,22)23/h8-11,14-15H,6-7,12-13H2,1-5H3,(H2,19,20,21). The van der Waals surface area contributed by atoms with Gasteiger partial charge in [-0.05, 0) is 49.8 Å². The van der Waals surface area contributed by atoms with Crippen LogP contribution in [0.25, 0.3) is 0 Å². The van der Waals surface area contributed by atoms with E-state index < -0.39 is 9.84 Å². The Morgan fingerprint density at radius 2 is 1.75 bits per heavy atom. The fourth-order valence-corrected chi connectivity index (χ4v) is 2.94. The molecule has 24 heavy (non-hydrogen) atoms. The number of nitrogens with zero attached hydrogens (tertiary/aromatic N) is 1. The summed E-state index contributed by atoms with van der Waals surface area (Å²) in [4.78, 5) is 4.60. The highest BCUT2D eigenvalue weighted by atomic mass is 32.2. The number of nitrogens with one attached hydrogen (secondary N) is 2. The largest absolute Gasteiger partial charge is 0.356 e. The van der Waals surface area contributed by atoms with Crippen LogP contribution in [0.1, 0.15) is 39.2 Å². The van der Waals surface area contributed by atoms with Gasteiger partial charge in [0.1, 0.15) is 0 Å². The third-order valence-corrected chi connectivity index (χ3v) is 4.97. The average molecular weight is 354 g/mol. The molecule has 0 bridgehead atoms. The van der Waals surface area contributed by atoms with Crippen molar-refractivity contribution in [1.29, 1.82) is 0 Å². The van der Waals surface area contributed by atoms with Gasteiger partial charge in [-0.2, -0.15) is 0 Å². The van der Waals surface area contributed by atoms with E-state index in [0.29, 0.717) is 16.9 Å². The first-order valence-electron chi connectivity index (χ1n) is 8.48. The molecule has 0 fully saturated rings. The molecule has 0 amide bonds. The van der Waals surface area contributed by atoms with Crippen molar-refractivity contribution in [3.05, 3.63) is 29.8 Å². The van der Waals surface area contributed by atoms with Gasteiger partial charge in [-0.25, -0.2) is 8.42 Å². The van der Waals surface area contributed by atoms with Crippen LogP contribution in [0.15, 0.2) is 34.2 Å². The van der Waals surface area contributed by atoms with E-state index in [9.17, 15) is 8.42 Å². The first-order valence-corrected chi connectivity index (χ1v) is 10.4. The monoisotopic (exact) mass is 353 g/mol. The van der Waals surface area contributed by atoms with Crippen LogP contribution in [0, 0.1) is 5.92 Å². The lowest BCUT2D eigenvalue weighted by molar-refractivity contribution is 0.489. The molecule has 6 heteroatoms. The molecule has 0 spiro atoms. The fourth-order valence-electron chi connectivity index (χ4n) is 2.31. The highest BCUT2D eigenvalue weighted by Gasteiger charge is 2.07. The molecule has 1 rings (SSSR count). The zero-order chi connectivity index (χ0) is 18.2. The molecule has 1 unspecified atom stereocenters. The van der Waals surface area contributed by atoms with Crippen LogP contribution >= 0.6 is 0 Å². The minimum absolute atomic E-state index is 0.357. The van der Waals surface area contributed by atoms with Gasteiger partial charge in [0, 0.05) is 25.9 Å². The topological polar surface area (TPSA) is 70.6 Å². The third kappa shape index (κ3) is 7.81. The molecule has 0 aliphatic carbocycles. The summed E-state index contributed by atoms with van der Waals surface area (Å²) in [6.07, 6.45) is 4.34. The van der Waals surface area contributed by atoms with Crippen LogP contribution in [-0.2, 0) is 16.3 Å². The number of aliphatic imine (C=N–C) groups is 1. The molecule has 2 N–H and O–H groups in total. The van der Waals surface area contributed by atoms with Gasteiger partial charge in [0.2, 0.25) is 0 Å². The van der Waals surface area contributed by atoms with Crippen LogP contribution in [0.2, 0.25) is 0 Å². The maximum Gasteiger partial charge on any atom is 0.191 e. The van der Waals surface area contributed by atoms with Crippen molar-refractivity contribution in [3.63, 3.8) is 0 Å². The SMILES string of the molecule is CN=C(NCCc1ccc(S(C)(=O)=O)cc1)NC(C)CCC(C)C. The smallest absolute Gasteiger partial charge is 0.191 e. The molecule has 0 saturated heterocycles. The van der Waals surface area contributed by atoms with E-state index in [1.54, 1.807) is 19.2 Å². The number of benzene rings is 1. The maximum atomic E-state index is 11.4. The lowest BCUT2D eigenvalue weighted by Gasteiger charge is -2.18. The predicted molar refractivity (Wildman–Crippen MR) is 101 cm³/mol. The molecule has 0 aromatic heterocycles. The summed E-state index contributed by atoms with van der Waals surface area (Å²) in [5, 5.41) is 6.70. The van der Waals surface area contributed by atoms with Crippen molar-refractivity contribution >= 4 is 15.8 Å². The zero-order valence-corrected chi connectivity index (χ0v) is 16.3. The summed E-state index contributed by atoms with van der Waals surface area (Å²) in [6, 6.07) is 7.42. The number of hydrogen-bond acceptors (Lipinski definition) is 3. The first-order chi connectivity index (χ1) is 11.2. The van der Waals surface area contributed by atoms with Gasteiger partial charge < -0.3 is 10.6 Å². The van der Waals surface area contributed by atoms with E-state index in [0.717, 1.165) is 30.9 Å². The van der Waals surface area contributed by atoms with Gasteiger partial charge >= 0.3 is 0 Å². The lowest BCUT2D eigenvalue weighted by Crippen LogP contribution is -2.43. The molecule has 0 aliphatic rings. The summed E-state index contributed by atoms with van der Waals surface area (Å²) in [6.45, 7) is 7.37. The molecule has 1 atom stereocenters. The van der Waals surface area contributed by atoms with E-state index in [1.807, 2.05) is 12.1 Å². The Morgan fingerprint density at radius 1 is 1.12 bits per heavy atom. The lowest BCUT2D eigenvalue weighted by atomic mass is 10.0. The second-order valence-electron chi connectivity index (χ2n) is 6.68. The number of hydrogen-bond donors (Lipinski definition) is 2. The van der Waals surface area contributed by atoms with Crippen molar-refractivity contribution in [1.82, 2.24) is 10.6 Å². The van der Waals surface area contributed by atoms with Gasteiger partial charge in [0.05, 0.1) is 4.90 Å². The van der Waals surface area contributed by atoms with Crippen LogP contribution in [0.5, 0.6) is 0 Å². The predicted octanol–water partition coefficient (Wildman–Crippen LogP) is 2.62. The highest BCUT2D eigenvalue weighted by Crippen LogP contribution is 2.10. The minimum atomic E-state index is -3.13. The molecule has 1 aromatic rings. The van der Waals surface area contributed by atoms with Crippen LogP contribution < -0.4 is 10.6 Å². The molecule has 5 nitrogen and oxygen atoms in total. The van der Waals surface area contributed by atoms with Crippen LogP contribution in [0.3, 0.4) is 0 Å². The maximum absolute atomic E-state index is 11.4. The quantitative estimate of drug-likeness (QED) is 0.557. The molecule has 0 saturated carbocycles. The van der Waals surface area contributed by atoms with Gasteiger partial charge in [0.25, 0.3) is 0 Å². The Bertz CT molecular complexity index is 622. The van der Waals surface area contributed by atoms with Crippen molar-refractivity contribution in [2.45, 2.75) is 51.0 Å². The van der Waals surface area contributed by atoms with Gasteiger partial charge in [-0.3, -0.25) is 4.99 Å². The summed E-state index contributed by atoms with van der Waals surface area (Å²) >= 11 is 0. The molecule has 136 valence electrons. The van der Waals surface area contributed by atoms with Gasteiger partial charge in [-0.15, -0.1) is 0 Å². The molecule has 0 radical (unpaired) electrons. The molecule has 1 aromatic carbocycles. The van der Waals surface area contributed by atoms with E-state index in [1.165, 1.54) is 12.7 Å². The second-order valence-corrected chi connectivity index (χ2v) is 8.70. The molecular weight excluding hydrogens is 322 g/mol. The third-order valence-electron chi connectivity index (χ3n) is 3.84. The molecular formula is C18H31N3O2S. The number of sulfone groups is 1. The second kappa shape index (κ2) is 9.67. The minimum Gasteiger partial charge on any atom is -0.356 e. The van der Waals surface area contributed by atoms with Crippen molar-refractivity contribution < 1.29 is 8.42 Å². The Balaban J connectivity index is 2.42. The van der Waals surface area contributed by atoms with E-state index >= 15 is 0 Å². The normalized spacial score (nSPS) is 13.8.